The van der Waals surface area contributed by atoms with Crippen LogP contribution in [0.25, 0.3) is 10.4 Å². The highest BCUT2D eigenvalue weighted by atomic mass is 32.1. The normalized spacial score (nSPS) is 17.5. The summed E-state index contributed by atoms with van der Waals surface area (Å²) in [5.41, 5.74) is 0.840. The molecule has 4 rings (SSSR count). The molecular weight excluding hydrogens is 326 g/mol. The number of para-hydroxylation sites is 1. The number of carboxylic acids is 1. The summed E-state index contributed by atoms with van der Waals surface area (Å²) < 4.78 is 5.72. The van der Waals surface area contributed by atoms with Gasteiger partial charge in [0.2, 0.25) is 0 Å². The Bertz CT molecular complexity index is 820. The first-order chi connectivity index (χ1) is 11.6. The van der Waals surface area contributed by atoms with E-state index in [0.717, 1.165) is 34.6 Å². The molecule has 1 aromatic carbocycles. The molecule has 1 amide bonds. The van der Waals surface area contributed by atoms with Crippen molar-refractivity contribution in [2.24, 2.45) is 0 Å². The maximum Gasteiger partial charge on any atom is 0.329 e. The lowest BCUT2D eigenvalue weighted by molar-refractivity contribution is -0.144. The molecule has 2 N–H and O–H groups in total. The van der Waals surface area contributed by atoms with E-state index in [1.165, 1.54) is 11.3 Å². The third-order valence-electron chi connectivity index (χ3n) is 4.77. The van der Waals surface area contributed by atoms with Crippen LogP contribution in [0.2, 0.25) is 0 Å². The van der Waals surface area contributed by atoms with Crippen LogP contribution in [-0.2, 0) is 11.4 Å². The molecule has 0 atom stereocenters. The van der Waals surface area contributed by atoms with Crippen molar-refractivity contribution < 1.29 is 19.4 Å². The molecule has 0 saturated heterocycles. The number of thiophene rings is 1. The van der Waals surface area contributed by atoms with E-state index in [4.69, 9.17) is 4.74 Å². The van der Waals surface area contributed by atoms with Gasteiger partial charge >= 0.3 is 5.97 Å². The number of fused-ring (bicyclic) bond motifs is 3. The summed E-state index contributed by atoms with van der Waals surface area (Å²) in [6.45, 7) is 0.431. The summed E-state index contributed by atoms with van der Waals surface area (Å²) in [4.78, 5) is 25.8. The summed E-state index contributed by atoms with van der Waals surface area (Å²) >= 11 is 1.39. The standard InChI is InChI=1S/C18H17NO4S/c20-16(19-18(17(21)22)7-3-4-8-18)14-9-11-10-23-13-6-2-1-5-12(13)15(11)24-14/h1-2,5-6,9H,3-4,7-8,10H2,(H,19,20)(H,21,22). The van der Waals surface area contributed by atoms with E-state index < -0.39 is 11.5 Å². The smallest absolute Gasteiger partial charge is 0.329 e. The second-order valence-corrected chi connectivity index (χ2v) is 7.35. The average Bonchev–Trinajstić information content (AvgIpc) is 3.22. The Hall–Kier alpha value is -2.34. The van der Waals surface area contributed by atoms with Crippen LogP contribution >= 0.6 is 11.3 Å². The van der Waals surface area contributed by atoms with E-state index in [1.54, 1.807) is 0 Å². The molecule has 1 fully saturated rings. The van der Waals surface area contributed by atoms with Crippen LogP contribution in [0, 0.1) is 0 Å². The molecule has 2 aliphatic rings. The lowest BCUT2D eigenvalue weighted by Crippen LogP contribution is -2.52. The van der Waals surface area contributed by atoms with Crippen molar-refractivity contribution in [2.45, 2.75) is 37.8 Å². The van der Waals surface area contributed by atoms with Crippen LogP contribution in [0.1, 0.15) is 40.9 Å². The fraction of sp³-hybridized carbons (Fsp3) is 0.333. The third kappa shape index (κ3) is 2.38. The molecule has 1 saturated carbocycles. The van der Waals surface area contributed by atoms with Crippen molar-refractivity contribution in [2.75, 3.05) is 0 Å². The summed E-state index contributed by atoms with van der Waals surface area (Å²) in [5, 5.41) is 12.3. The zero-order valence-corrected chi connectivity index (χ0v) is 13.8. The molecule has 2 heterocycles. The van der Waals surface area contributed by atoms with E-state index in [0.29, 0.717) is 24.3 Å². The number of rotatable bonds is 3. The Labute approximate surface area is 143 Å². The molecule has 0 radical (unpaired) electrons. The molecule has 2 aromatic rings. The van der Waals surface area contributed by atoms with Crippen LogP contribution in [0.3, 0.4) is 0 Å². The van der Waals surface area contributed by atoms with E-state index in [9.17, 15) is 14.7 Å². The molecule has 1 aliphatic heterocycles. The number of carboxylic acid groups (broad SMARTS) is 1. The monoisotopic (exact) mass is 343 g/mol. The Morgan fingerprint density at radius 3 is 2.71 bits per heavy atom. The number of ether oxygens (including phenoxy) is 1. The number of carbonyl (C=O) groups excluding carboxylic acids is 1. The maximum atomic E-state index is 12.6. The number of amides is 1. The molecule has 0 bridgehead atoms. The molecule has 1 aromatic heterocycles. The SMILES string of the molecule is O=C(NC1(C(=O)O)CCCC1)c1cc2c(s1)-c1ccccc1OC2. The largest absolute Gasteiger partial charge is 0.488 e. The van der Waals surface area contributed by atoms with Crippen molar-refractivity contribution in [3.05, 3.63) is 40.8 Å². The van der Waals surface area contributed by atoms with Crippen molar-refractivity contribution in [3.8, 4) is 16.2 Å². The van der Waals surface area contributed by atoms with Crippen LogP contribution < -0.4 is 10.1 Å². The summed E-state index contributed by atoms with van der Waals surface area (Å²) in [6.07, 6.45) is 2.64. The quantitative estimate of drug-likeness (QED) is 0.895. The zero-order valence-electron chi connectivity index (χ0n) is 13.0. The zero-order chi connectivity index (χ0) is 16.7. The van der Waals surface area contributed by atoms with Crippen LogP contribution in [-0.4, -0.2) is 22.5 Å². The number of nitrogens with one attached hydrogen (secondary N) is 1. The number of benzene rings is 1. The first-order valence-electron chi connectivity index (χ1n) is 8.00. The molecule has 24 heavy (non-hydrogen) atoms. The lowest BCUT2D eigenvalue weighted by Gasteiger charge is -2.24. The highest BCUT2D eigenvalue weighted by Crippen LogP contribution is 2.42. The van der Waals surface area contributed by atoms with Crippen LogP contribution in [0.5, 0.6) is 5.75 Å². The minimum Gasteiger partial charge on any atom is -0.488 e. The Balaban J connectivity index is 1.64. The minimum atomic E-state index is -1.12. The van der Waals surface area contributed by atoms with Crippen molar-refractivity contribution in [1.82, 2.24) is 5.32 Å². The lowest BCUT2D eigenvalue weighted by atomic mass is 9.97. The van der Waals surface area contributed by atoms with E-state index in [-0.39, 0.29) is 5.91 Å². The Kier molecular flexibility index (Phi) is 3.57. The first-order valence-corrected chi connectivity index (χ1v) is 8.81. The van der Waals surface area contributed by atoms with Gasteiger partial charge in [-0.25, -0.2) is 4.79 Å². The minimum absolute atomic E-state index is 0.309. The van der Waals surface area contributed by atoms with Gasteiger partial charge in [0, 0.05) is 16.0 Å². The van der Waals surface area contributed by atoms with E-state index >= 15 is 0 Å². The van der Waals surface area contributed by atoms with Gasteiger partial charge in [0.25, 0.3) is 5.91 Å². The summed E-state index contributed by atoms with van der Waals surface area (Å²) in [6, 6.07) is 9.56. The van der Waals surface area contributed by atoms with Gasteiger partial charge in [0.15, 0.2) is 0 Å². The predicted octanol–water partition coefficient (Wildman–Crippen LogP) is 3.43. The fourth-order valence-corrected chi connectivity index (χ4v) is 4.55. The van der Waals surface area contributed by atoms with Gasteiger partial charge in [0.1, 0.15) is 17.9 Å². The first kappa shape index (κ1) is 15.2. The second-order valence-electron chi connectivity index (χ2n) is 6.30. The highest BCUT2D eigenvalue weighted by Gasteiger charge is 2.43. The van der Waals surface area contributed by atoms with Crippen LogP contribution in [0.15, 0.2) is 30.3 Å². The molecule has 6 heteroatoms. The predicted molar refractivity (Wildman–Crippen MR) is 90.4 cm³/mol. The van der Waals surface area contributed by atoms with Crippen molar-refractivity contribution >= 4 is 23.2 Å². The van der Waals surface area contributed by atoms with Gasteiger partial charge in [-0.3, -0.25) is 4.79 Å². The summed E-state index contributed by atoms with van der Waals surface area (Å²) in [7, 11) is 0. The van der Waals surface area contributed by atoms with Gasteiger partial charge in [-0.15, -0.1) is 11.3 Å². The van der Waals surface area contributed by atoms with Crippen LogP contribution in [0.4, 0.5) is 0 Å². The van der Waals surface area contributed by atoms with Crippen molar-refractivity contribution in [3.63, 3.8) is 0 Å². The molecule has 1 aliphatic carbocycles. The Morgan fingerprint density at radius 2 is 1.96 bits per heavy atom. The highest BCUT2D eigenvalue weighted by molar-refractivity contribution is 7.17. The Morgan fingerprint density at radius 1 is 1.21 bits per heavy atom. The molecule has 0 unspecified atom stereocenters. The van der Waals surface area contributed by atoms with E-state index in [1.807, 2.05) is 30.3 Å². The number of hydrogen-bond acceptors (Lipinski definition) is 4. The molecule has 124 valence electrons. The number of carbonyl (C=O) groups is 2. The number of aliphatic carboxylic acids is 1. The molecule has 5 nitrogen and oxygen atoms in total. The topological polar surface area (TPSA) is 75.6 Å². The van der Waals surface area contributed by atoms with Gasteiger partial charge in [-0.2, -0.15) is 0 Å². The number of hydrogen-bond donors (Lipinski definition) is 2. The van der Waals surface area contributed by atoms with Crippen molar-refractivity contribution in [1.29, 1.82) is 0 Å². The maximum absolute atomic E-state index is 12.6. The van der Waals surface area contributed by atoms with Gasteiger partial charge < -0.3 is 15.2 Å². The summed E-state index contributed by atoms with van der Waals surface area (Å²) in [5.74, 6) is -0.434. The van der Waals surface area contributed by atoms with Gasteiger partial charge in [-0.05, 0) is 31.0 Å². The van der Waals surface area contributed by atoms with Gasteiger partial charge in [0.05, 0.1) is 4.88 Å². The van der Waals surface area contributed by atoms with E-state index in [2.05, 4.69) is 5.32 Å². The average molecular weight is 343 g/mol. The molecular formula is C18H17NO4S. The fourth-order valence-electron chi connectivity index (χ4n) is 3.46. The third-order valence-corrected chi connectivity index (χ3v) is 5.98. The second kappa shape index (κ2) is 5.63. The van der Waals surface area contributed by atoms with Gasteiger partial charge in [-0.1, -0.05) is 25.0 Å². The molecule has 0 spiro atoms.